The second-order valence-corrected chi connectivity index (χ2v) is 6.15. The quantitative estimate of drug-likeness (QED) is 0.590. The Balaban J connectivity index is 1.96. The number of amides is 2. The van der Waals surface area contributed by atoms with Gasteiger partial charge < -0.3 is 4.74 Å². The Morgan fingerprint density at radius 2 is 1.96 bits per heavy atom. The minimum absolute atomic E-state index is 0.201. The van der Waals surface area contributed by atoms with Crippen molar-refractivity contribution in [2.45, 2.75) is 26.7 Å². The van der Waals surface area contributed by atoms with Crippen molar-refractivity contribution in [1.82, 2.24) is 4.90 Å². The Morgan fingerprint density at radius 3 is 2.61 bits per heavy atom. The molecule has 1 aromatic carbocycles. The van der Waals surface area contributed by atoms with Gasteiger partial charge in [-0.05, 0) is 43.7 Å². The molecule has 5 nitrogen and oxygen atoms in total. The molecule has 1 heterocycles. The van der Waals surface area contributed by atoms with Crippen LogP contribution in [-0.2, 0) is 14.3 Å². The fraction of sp³-hybridized carbons (Fsp3) is 0.353. The minimum Gasteiger partial charge on any atom is -0.466 e. The Kier molecular flexibility index (Phi) is 5.98. The summed E-state index contributed by atoms with van der Waals surface area (Å²) in [5, 5.41) is -0.294. The van der Waals surface area contributed by atoms with Crippen molar-refractivity contribution in [2.75, 3.05) is 13.2 Å². The molecule has 23 heavy (non-hydrogen) atoms. The van der Waals surface area contributed by atoms with Crippen molar-refractivity contribution in [3.05, 3.63) is 40.3 Å². The molecule has 0 aliphatic carbocycles. The third kappa shape index (κ3) is 4.69. The van der Waals surface area contributed by atoms with Gasteiger partial charge in [0.2, 0.25) is 0 Å². The second-order valence-electron chi connectivity index (χ2n) is 5.15. The van der Waals surface area contributed by atoms with Crippen LogP contribution < -0.4 is 0 Å². The number of thioether (sulfide) groups is 1. The molecule has 0 saturated carbocycles. The highest BCUT2D eigenvalue weighted by Crippen LogP contribution is 2.32. The third-order valence-corrected chi connectivity index (χ3v) is 4.22. The number of carbonyl (C=O) groups excluding carboxylic acids is 3. The molecule has 0 spiro atoms. The lowest BCUT2D eigenvalue weighted by molar-refractivity contribution is -0.143. The van der Waals surface area contributed by atoms with Gasteiger partial charge in [0, 0.05) is 13.0 Å². The normalized spacial score (nSPS) is 16.3. The summed E-state index contributed by atoms with van der Waals surface area (Å²) >= 11 is 0.932. The molecule has 1 aliphatic rings. The van der Waals surface area contributed by atoms with Gasteiger partial charge in [-0.25, -0.2) is 0 Å². The van der Waals surface area contributed by atoms with E-state index in [-0.39, 0.29) is 30.1 Å². The predicted octanol–water partition coefficient (Wildman–Crippen LogP) is 3.37. The van der Waals surface area contributed by atoms with Gasteiger partial charge in [0.25, 0.3) is 11.1 Å². The molecule has 2 rings (SSSR count). The minimum atomic E-state index is -0.310. The van der Waals surface area contributed by atoms with Gasteiger partial charge >= 0.3 is 5.97 Å². The van der Waals surface area contributed by atoms with Gasteiger partial charge in [-0.1, -0.05) is 29.8 Å². The molecular formula is C17H19NO4S. The van der Waals surface area contributed by atoms with E-state index in [1.165, 1.54) is 4.90 Å². The van der Waals surface area contributed by atoms with Crippen LogP contribution in [0.2, 0.25) is 0 Å². The van der Waals surface area contributed by atoms with Crippen molar-refractivity contribution < 1.29 is 19.1 Å². The number of esters is 1. The zero-order chi connectivity index (χ0) is 16.8. The van der Waals surface area contributed by atoms with Crippen LogP contribution in [0.3, 0.4) is 0 Å². The Hall–Kier alpha value is -2.08. The first-order valence-corrected chi connectivity index (χ1v) is 8.30. The summed E-state index contributed by atoms with van der Waals surface area (Å²) in [5.41, 5.74) is 2.02. The van der Waals surface area contributed by atoms with E-state index < -0.39 is 0 Å². The first-order chi connectivity index (χ1) is 11.0. The second kappa shape index (κ2) is 7.97. The molecule has 6 heteroatoms. The fourth-order valence-electron chi connectivity index (χ4n) is 2.12. The first-order valence-electron chi connectivity index (χ1n) is 7.49. The lowest BCUT2D eigenvalue weighted by atomic mass is 10.1. The summed E-state index contributed by atoms with van der Waals surface area (Å²) in [6.07, 6.45) is 2.33. The number of hydrogen-bond acceptors (Lipinski definition) is 5. The van der Waals surface area contributed by atoms with Crippen LogP contribution >= 0.6 is 11.8 Å². The summed E-state index contributed by atoms with van der Waals surface area (Å²) in [7, 11) is 0. The Morgan fingerprint density at radius 1 is 1.26 bits per heavy atom. The van der Waals surface area contributed by atoms with Crippen LogP contribution in [0.25, 0.3) is 6.08 Å². The van der Waals surface area contributed by atoms with E-state index in [0.717, 1.165) is 22.9 Å². The number of imide groups is 1. The predicted molar refractivity (Wildman–Crippen MR) is 89.7 cm³/mol. The van der Waals surface area contributed by atoms with E-state index in [2.05, 4.69) is 0 Å². The number of carbonyl (C=O) groups is 3. The summed E-state index contributed by atoms with van der Waals surface area (Å²) < 4.78 is 4.83. The molecule has 0 aromatic heterocycles. The molecule has 1 saturated heterocycles. The van der Waals surface area contributed by atoms with Crippen LogP contribution in [-0.4, -0.2) is 35.2 Å². The van der Waals surface area contributed by atoms with Crippen molar-refractivity contribution in [2.24, 2.45) is 0 Å². The lowest BCUT2D eigenvalue weighted by Crippen LogP contribution is -2.29. The largest absolute Gasteiger partial charge is 0.466 e. The van der Waals surface area contributed by atoms with E-state index in [9.17, 15) is 14.4 Å². The summed E-state index contributed by atoms with van der Waals surface area (Å²) in [6, 6.07) is 7.72. The van der Waals surface area contributed by atoms with E-state index in [1.807, 2.05) is 31.2 Å². The maximum atomic E-state index is 12.3. The number of rotatable bonds is 6. The molecule has 0 atom stereocenters. The Bertz CT molecular complexity index is 636. The molecule has 0 bridgehead atoms. The average molecular weight is 333 g/mol. The highest BCUT2D eigenvalue weighted by molar-refractivity contribution is 8.18. The zero-order valence-electron chi connectivity index (χ0n) is 13.2. The molecule has 1 aliphatic heterocycles. The standard InChI is InChI=1S/C17H19NO4S/c1-3-22-15(19)5-4-10-18-16(20)14(23-17(18)21)11-13-8-6-12(2)7-9-13/h6-9,11H,3-5,10H2,1-2H3/b14-11-. The van der Waals surface area contributed by atoms with Gasteiger partial charge in [0.05, 0.1) is 11.5 Å². The number of ether oxygens (including phenoxy) is 1. The van der Waals surface area contributed by atoms with Gasteiger partial charge in [0.15, 0.2) is 0 Å². The van der Waals surface area contributed by atoms with Gasteiger partial charge in [-0.2, -0.15) is 0 Å². The molecule has 0 radical (unpaired) electrons. The topological polar surface area (TPSA) is 63.7 Å². The zero-order valence-corrected chi connectivity index (χ0v) is 14.0. The highest BCUT2D eigenvalue weighted by Gasteiger charge is 2.34. The van der Waals surface area contributed by atoms with E-state index in [0.29, 0.717) is 17.9 Å². The smallest absolute Gasteiger partial charge is 0.305 e. The Labute approximate surface area is 139 Å². The van der Waals surface area contributed by atoms with Gasteiger partial charge in [0.1, 0.15) is 0 Å². The van der Waals surface area contributed by atoms with Crippen LogP contribution in [0.4, 0.5) is 4.79 Å². The highest BCUT2D eigenvalue weighted by atomic mass is 32.2. The van der Waals surface area contributed by atoms with Crippen molar-refractivity contribution in [3.8, 4) is 0 Å². The monoisotopic (exact) mass is 333 g/mol. The van der Waals surface area contributed by atoms with Gasteiger partial charge in [-0.3, -0.25) is 19.3 Å². The first kappa shape index (κ1) is 17.3. The van der Waals surface area contributed by atoms with Crippen molar-refractivity contribution in [1.29, 1.82) is 0 Å². The number of benzene rings is 1. The molecule has 122 valence electrons. The molecule has 1 aromatic rings. The van der Waals surface area contributed by atoms with Crippen molar-refractivity contribution in [3.63, 3.8) is 0 Å². The SMILES string of the molecule is CCOC(=O)CCCN1C(=O)S/C(=C\c2ccc(C)cc2)C1=O. The lowest BCUT2D eigenvalue weighted by Gasteiger charge is -2.11. The summed E-state index contributed by atoms with van der Waals surface area (Å²) in [6.45, 7) is 4.29. The summed E-state index contributed by atoms with van der Waals surface area (Å²) in [5.74, 6) is -0.612. The molecular weight excluding hydrogens is 314 g/mol. The summed E-state index contributed by atoms with van der Waals surface area (Å²) in [4.78, 5) is 37.1. The van der Waals surface area contributed by atoms with Gasteiger partial charge in [-0.15, -0.1) is 0 Å². The molecule has 1 fully saturated rings. The number of aryl methyl sites for hydroxylation is 1. The molecule has 0 N–H and O–H groups in total. The van der Waals surface area contributed by atoms with Crippen LogP contribution in [0.1, 0.15) is 30.9 Å². The maximum Gasteiger partial charge on any atom is 0.305 e. The van der Waals surface area contributed by atoms with Crippen molar-refractivity contribution >= 4 is 35.0 Å². The molecule has 2 amide bonds. The van der Waals surface area contributed by atoms with E-state index in [1.54, 1.807) is 13.0 Å². The van der Waals surface area contributed by atoms with Crippen LogP contribution in [0.5, 0.6) is 0 Å². The fourth-order valence-corrected chi connectivity index (χ4v) is 2.99. The van der Waals surface area contributed by atoms with E-state index in [4.69, 9.17) is 4.74 Å². The average Bonchev–Trinajstić information content (AvgIpc) is 2.77. The van der Waals surface area contributed by atoms with Crippen LogP contribution in [0.15, 0.2) is 29.2 Å². The number of hydrogen-bond donors (Lipinski definition) is 0. The number of nitrogens with zero attached hydrogens (tertiary/aromatic N) is 1. The van der Waals surface area contributed by atoms with E-state index >= 15 is 0 Å². The maximum absolute atomic E-state index is 12.3. The molecule has 0 unspecified atom stereocenters. The van der Waals surface area contributed by atoms with Crippen LogP contribution in [0, 0.1) is 6.92 Å². The third-order valence-electron chi connectivity index (χ3n) is 3.32.